The van der Waals surface area contributed by atoms with Crippen molar-refractivity contribution in [2.75, 3.05) is 27.2 Å². The molecule has 4 nitrogen and oxygen atoms in total. The third kappa shape index (κ3) is 3.98. The van der Waals surface area contributed by atoms with E-state index in [1.54, 1.807) is 0 Å². The maximum atomic E-state index is 6.32. The van der Waals surface area contributed by atoms with Crippen LogP contribution in [0.3, 0.4) is 0 Å². The number of hydrogen-bond donors (Lipinski definition) is 1. The van der Waals surface area contributed by atoms with E-state index >= 15 is 0 Å². The molecule has 98 valence electrons. The van der Waals surface area contributed by atoms with Crippen LogP contribution in [-0.4, -0.2) is 41.9 Å². The highest BCUT2D eigenvalue weighted by molar-refractivity contribution is 6.31. The van der Waals surface area contributed by atoms with Crippen molar-refractivity contribution in [1.82, 2.24) is 20.0 Å². The van der Waals surface area contributed by atoms with Crippen molar-refractivity contribution >= 4 is 11.6 Å². The van der Waals surface area contributed by atoms with Gasteiger partial charge in [-0.05, 0) is 27.4 Å². The molecule has 0 fully saturated rings. The molecule has 0 radical (unpaired) electrons. The van der Waals surface area contributed by atoms with Gasteiger partial charge >= 0.3 is 0 Å². The standard InChI is InChI=1S/C12H23ClN4/c1-5-10-12(13)11(17(6-2)15-10)9-14-7-8-16(3)4/h14H,5-9H2,1-4H3. The summed E-state index contributed by atoms with van der Waals surface area (Å²) >= 11 is 6.32. The van der Waals surface area contributed by atoms with Crippen LogP contribution in [0.2, 0.25) is 5.02 Å². The lowest BCUT2D eigenvalue weighted by Crippen LogP contribution is -2.27. The van der Waals surface area contributed by atoms with Crippen molar-refractivity contribution in [2.45, 2.75) is 33.4 Å². The van der Waals surface area contributed by atoms with Crippen LogP contribution in [0.25, 0.3) is 0 Å². The van der Waals surface area contributed by atoms with E-state index in [1.807, 2.05) is 4.68 Å². The molecular weight excluding hydrogens is 236 g/mol. The molecule has 1 rings (SSSR count). The number of halogens is 1. The van der Waals surface area contributed by atoms with E-state index in [0.29, 0.717) is 0 Å². The molecule has 1 N–H and O–H groups in total. The van der Waals surface area contributed by atoms with Gasteiger partial charge in [-0.2, -0.15) is 5.10 Å². The number of rotatable bonds is 7. The summed E-state index contributed by atoms with van der Waals surface area (Å²) in [5.41, 5.74) is 2.10. The molecule has 0 amide bonds. The Bertz CT molecular complexity index is 347. The molecule has 17 heavy (non-hydrogen) atoms. The molecule has 0 aliphatic rings. The Hall–Kier alpha value is -0.580. The third-order valence-electron chi connectivity index (χ3n) is 2.72. The molecule has 0 saturated heterocycles. The van der Waals surface area contributed by atoms with Gasteiger partial charge in [-0.1, -0.05) is 18.5 Å². The van der Waals surface area contributed by atoms with Crippen LogP contribution < -0.4 is 5.32 Å². The molecule has 1 aromatic rings. The van der Waals surface area contributed by atoms with E-state index in [0.717, 1.165) is 49.0 Å². The topological polar surface area (TPSA) is 33.1 Å². The molecule has 0 aliphatic heterocycles. The monoisotopic (exact) mass is 258 g/mol. The van der Waals surface area contributed by atoms with Gasteiger partial charge in [0.1, 0.15) is 0 Å². The summed E-state index contributed by atoms with van der Waals surface area (Å²) < 4.78 is 1.99. The van der Waals surface area contributed by atoms with E-state index in [4.69, 9.17) is 11.6 Å². The SMILES string of the molecule is CCc1nn(CC)c(CNCCN(C)C)c1Cl. The Morgan fingerprint density at radius 2 is 2.06 bits per heavy atom. The minimum absolute atomic E-state index is 0.785. The summed E-state index contributed by atoms with van der Waals surface area (Å²) in [5.74, 6) is 0. The van der Waals surface area contributed by atoms with Crippen LogP contribution >= 0.6 is 11.6 Å². The quantitative estimate of drug-likeness (QED) is 0.757. The Labute approximate surface area is 109 Å². The second-order valence-corrected chi connectivity index (χ2v) is 4.73. The Morgan fingerprint density at radius 1 is 1.35 bits per heavy atom. The van der Waals surface area contributed by atoms with Crippen molar-refractivity contribution < 1.29 is 0 Å². The molecular formula is C12H23ClN4. The zero-order chi connectivity index (χ0) is 12.8. The zero-order valence-corrected chi connectivity index (χ0v) is 12.0. The van der Waals surface area contributed by atoms with Gasteiger partial charge in [-0.3, -0.25) is 4.68 Å². The van der Waals surface area contributed by atoms with Gasteiger partial charge in [0.15, 0.2) is 0 Å². The van der Waals surface area contributed by atoms with Gasteiger partial charge < -0.3 is 10.2 Å². The van der Waals surface area contributed by atoms with E-state index < -0.39 is 0 Å². The highest BCUT2D eigenvalue weighted by Gasteiger charge is 2.13. The average molecular weight is 259 g/mol. The number of nitrogens with zero attached hydrogens (tertiary/aromatic N) is 3. The predicted octanol–water partition coefficient (Wildman–Crippen LogP) is 1.77. The van der Waals surface area contributed by atoms with Crippen molar-refractivity contribution in [3.05, 3.63) is 16.4 Å². The zero-order valence-electron chi connectivity index (χ0n) is 11.3. The van der Waals surface area contributed by atoms with Crippen molar-refractivity contribution in [1.29, 1.82) is 0 Å². The average Bonchev–Trinajstić information content (AvgIpc) is 2.61. The minimum Gasteiger partial charge on any atom is -0.310 e. The number of aryl methyl sites for hydroxylation is 2. The number of aromatic nitrogens is 2. The molecule has 1 aromatic heterocycles. The Balaban J connectivity index is 2.59. The smallest absolute Gasteiger partial charge is 0.0863 e. The first-order valence-corrected chi connectivity index (χ1v) is 6.57. The van der Waals surface area contributed by atoms with Crippen molar-refractivity contribution in [3.8, 4) is 0 Å². The lowest BCUT2D eigenvalue weighted by molar-refractivity contribution is 0.398. The summed E-state index contributed by atoms with van der Waals surface area (Å²) in [6.45, 7) is 7.81. The van der Waals surface area contributed by atoms with Crippen LogP contribution in [0.15, 0.2) is 0 Å². The number of nitrogens with one attached hydrogen (secondary N) is 1. The second-order valence-electron chi connectivity index (χ2n) is 4.36. The summed E-state index contributed by atoms with van der Waals surface area (Å²) in [6, 6.07) is 0. The first-order chi connectivity index (χ1) is 8.10. The highest BCUT2D eigenvalue weighted by Crippen LogP contribution is 2.21. The number of hydrogen-bond acceptors (Lipinski definition) is 3. The number of likely N-dealkylation sites (N-methyl/N-ethyl adjacent to an activating group) is 1. The summed E-state index contributed by atoms with van der Waals surface area (Å²) in [5, 5.41) is 8.72. The van der Waals surface area contributed by atoms with E-state index in [1.165, 1.54) is 0 Å². The predicted molar refractivity (Wildman–Crippen MR) is 72.5 cm³/mol. The van der Waals surface area contributed by atoms with Crippen LogP contribution in [0.5, 0.6) is 0 Å². The van der Waals surface area contributed by atoms with E-state index in [2.05, 4.69) is 43.3 Å². The van der Waals surface area contributed by atoms with Gasteiger partial charge in [-0.25, -0.2) is 0 Å². The van der Waals surface area contributed by atoms with Crippen LogP contribution in [0.4, 0.5) is 0 Å². The van der Waals surface area contributed by atoms with Gasteiger partial charge in [0, 0.05) is 26.2 Å². The Morgan fingerprint density at radius 3 is 2.59 bits per heavy atom. The molecule has 0 bridgehead atoms. The van der Waals surface area contributed by atoms with Crippen LogP contribution in [-0.2, 0) is 19.5 Å². The molecule has 0 aliphatic carbocycles. The second kappa shape index (κ2) is 6.99. The van der Waals surface area contributed by atoms with Gasteiger partial charge in [0.2, 0.25) is 0 Å². The molecule has 5 heteroatoms. The van der Waals surface area contributed by atoms with Crippen molar-refractivity contribution in [3.63, 3.8) is 0 Å². The fourth-order valence-corrected chi connectivity index (χ4v) is 2.03. The lowest BCUT2D eigenvalue weighted by Gasteiger charge is -2.11. The van der Waals surface area contributed by atoms with Crippen molar-refractivity contribution in [2.24, 2.45) is 0 Å². The maximum Gasteiger partial charge on any atom is 0.0863 e. The first-order valence-electron chi connectivity index (χ1n) is 6.19. The molecule has 0 aromatic carbocycles. The third-order valence-corrected chi connectivity index (χ3v) is 3.16. The Kier molecular flexibility index (Phi) is 5.95. The molecule has 1 heterocycles. The fourth-order valence-electron chi connectivity index (χ4n) is 1.70. The molecule has 0 saturated carbocycles. The maximum absolute atomic E-state index is 6.32. The molecule has 0 atom stereocenters. The molecule has 0 spiro atoms. The summed E-state index contributed by atoms with van der Waals surface area (Å²) in [7, 11) is 4.14. The minimum atomic E-state index is 0.785. The van der Waals surface area contributed by atoms with Gasteiger partial charge in [-0.15, -0.1) is 0 Å². The first kappa shape index (κ1) is 14.5. The highest BCUT2D eigenvalue weighted by atomic mass is 35.5. The fraction of sp³-hybridized carbons (Fsp3) is 0.750. The summed E-state index contributed by atoms with van der Waals surface area (Å²) in [6.07, 6.45) is 0.885. The van der Waals surface area contributed by atoms with E-state index in [-0.39, 0.29) is 0 Å². The molecule has 0 unspecified atom stereocenters. The normalized spacial score (nSPS) is 11.4. The largest absolute Gasteiger partial charge is 0.310 e. The summed E-state index contributed by atoms with van der Waals surface area (Å²) in [4.78, 5) is 2.16. The van der Waals surface area contributed by atoms with Gasteiger partial charge in [0.05, 0.1) is 16.4 Å². The van der Waals surface area contributed by atoms with Crippen LogP contribution in [0, 0.1) is 0 Å². The lowest BCUT2D eigenvalue weighted by atomic mass is 10.3. The van der Waals surface area contributed by atoms with Gasteiger partial charge in [0.25, 0.3) is 0 Å². The van der Waals surface area contributed by atoms with Crippen LogP contribution in [0.1, 0.15) is 25.2 Å². The van der Waals surface area contributed by atoms with E-state index in [9.17, 15) is 0 Å².